The lowest BCUT2D eigenvalue weighted by molar-refractivity contribution is -0.186. The van der Waals surface area contributed by atoms with E-state index in [0.717, 1.165) is 128 Å². The van der Waals surface area contributed by atoms with Crippen LogP contribution in [0.2, 0.25) is 0 Å². The van der Waals surface area contributed by atoms with Gasteiger partial charge in [0, 0.05) is 12.8 Å². The minimum absolute atomic E-state index is 0.0556. The first-order chi connectivity index (χ1) is 67.4. The molecule has 7 rings (SSSR count). The molecule has 5 aliphatic heterocycles. The Kier molecular flexibility index (Phi) is 73.7. The molecule has 30 heteroatoms. The van der Waals surface area contributed by atoms with Crippen LogP contribution < -0.4 is 0 Å². The van der Waals surface area contributed by atoms with Crippen molar-refractivity contribution in [2.24, 2.45) is 60.1 Å². The van der Waals surface area contributed by atoms with Gasteiger partial charge in [-0.15, -0.1) is 0 Å². The summed E-state index contributed by atoms with van der Waals surface area (Å²) in [6, 6.07) is 20.4. The van der Waals surface area contributed by atoms with Crippen molar-refractivity contribution >= 4 is 71.6 Å². The second-order valence-corrected chi connectivity index (χ2v) is 43.1. The van der Waals surface area contributed by atoms with Gasteiger partial charge >= 0.3 is 71.6 Å². The highest BCUT2D eigenvalue weighted by atomic mass is 16.7. The van der Waals surface area contributed by atoms with Gasteiger partial charge in [-0.25, -0.2) is 9.59 Å². The number of carbonyl (C=O) groups excluding carboxylic acids is 12. The van der Waals surface area contributed by atoms with Crippen molar-refractivity contribution in [2.75, 3.05) is 86.4 Å². The average Bonchev–Trinajstić information content (AvgIpc) is 1.24. The number of hydrogen-bond acceptors (Lipinski definition) is 30. The number of ether oxygens (including phenoxy) is 18. The SMILES string of the molecule is CCC(C)(C)C(=O)OC1CCOC1=O.CCC(C)(C)C(=O)OC1CCOC1=O.CCC(C)(C)C(=O)OCC1CO1.CCC(C)(C)C(=O)OCC1CO1.CCC(C)(C)C(=O)OCc1ccccc1.CCC(C)C(=O)OC.CCC(C)c1ccccc1.CCC1(COC(=O)C(C)(C)CC)COC1.CCCCOC(C)OC(=O)C(C)(C)CC.CCCCOC(C)OC(=O)C(C)(C)CC.CCCCOC(C)OC(=O)C(C)(C)CC. The monoisotopic (exact) mass is 2060 g/mol. The third-order valence-electron chi connectivity index (χ3n) is 26.7. The summed E-state index contributed by atoms with van der Waals surface area (Å²) in [4.78, 5) is 137. The number of esters is 12. The Hall–Kier alpha value is -8.16. The molecule has 0 aliphatic carbocycles. The molecule has 0 N–H and O–H groups in total. The molecule has 0 amide bonds. The Bertz CT molecular complexity index is 3690. The summed E-state index contributed by atoms with van der Waals surface area (Å²) in [5.41, 5.74) is -1.17. The van der Waals surface area contributed by atoms with Gasteiger partial charge in [0.25, 0.3) is 0 Å². The first-order valence-corrected chi connectivity index (χ1v) is 53.4. The third-order valence-corrected chi connectivity index (χ3v) is 26.7. The van der Waals surface area contributed by atoms with E-state index in [-0.39, 0.29) is 105 Å². The van der Waals surface area contributed by atoms with Crippen molar-refractivity contribution in [1.29, 1.82) is 0 Å². The maximum Gasteiger partial charge on any atom is 0.347 e. The van der Waals surface area contributed by atoms with Crippen molar-refractivity contribution in [3.8, 4) is 0 Å². The van der Waals surface area contributed by atoms with Crippen LogP contribution in [0.5, 0.6) is 0 Å². The predicted octanol–water partition coefficient (Wildman–Crippen LogP) is 24.6. The molecule has 842 valence electrons. The van der Waals surface area contributed by atoms with Crippen molar-refractivity contribution in [2.45, 2.75) is 447 Å². The quantitative estimate of drug-likeness (QED) is 0.0195. The van der Waals surface area contributed by atoms with E-state index >= 15 is 0 Å². The number of unbranched alkanes of at least 4 members (excludes halogenated alkanes) is 3. The first kappa shape index (κ1) is 143. The zero-order valence-corrected chi connectivity index (χ0v) is 97.6. The third kappa shape index (κ3) is 63.4. The summed E-state index contributed by atoms with van der Waals surface area (Å²) in [7, 11) is 1.41. The molecule has 0 aromatic heterocycles. The number of carbonyl (C=O) groups is 12. The van der Waals surface area contributed by atoms with Crippen LogP contribution in [0.1, 0.15) is 409 Å². The molecular formula is C115H202O30. The van der Waals surface area contributed by atoms with E-state index in [0.29, 0.717) is 91.1 Å². The molecule has 2 aromatic rings. The van der Waals surface area contributed by atoms with E-state index in [9.17, 15) is 57.5 Å². The van der Waals surface area contributed by atoms with E-state index in [1.54, 1.807) is 48.5 Å². The van der Waals surface area contributed by atoms with Gasteiger partial charge in [0.2, 0.25) is 12.2 Å². The zero-order valence-electron chi connectivity index (χ0n) is 97.6. The van der Waals surface area contributed by atoms with Crippen LogP contribution in [0.25, 0.3) is 0 Å². The Morgan fingerprint density at radius 3 is 0.890 bits per heavy atom. The van der Waals surface area contributed by atoms with Crippen LogP contribution in [0.3, 0.4) is 0 Å². The van der Waals surface area contributed by atoms with Crippen LogP contribution >= 0.6 is 0 Å². The summed E-state index contributed by atoms with van der Waals surface area (Å²) >= 11 is 0. The second kappa shape index (κ2) is 74.7. The van der Waals surface area contributed by atoms with E-state index in [4.69, 9.17) is 80.5 Å². The number of epoxide rings is 2. The molecule has 0 spiro atoms. The molecular weight excluding hydrogens is 1860 g/mol. The number of rotatable bonds is 48. The van der Waals surface area contributed by atoms with Gasteiger partial charge in [0.05, 0.1) is 127 Å². The normalized spacial score (nSPS) is 16.9. The highest BCUT2D eigenvalue weighted by Crippen LogP contribution is 2.35. The molecule has 0 bridgehead atoms. The lowest BCUT2D eigenvalue weighted by atomic mass is 9.84. The van der Waals surface area contributed by atoms with E-state index in [2.05, 4.69) is 76.6 Å². The van der Waals surface area contributed by atoms with Gasteiger partial charge in [-0.05, 0) is 259 Å². The van der Waals surface area contributed by atoms with Gasteiger partial charge in [-0.3, -0.25) is 47.9 Å². The van der Waals surface area contributed by atoms with Gasteiger partial charge in [-0.2, -0.15) is 0 Å². The fourth-order valence-electron chi connectivity index (χ4n) is 9.81. The molecule has 9 unspecified atom stereocenters. The molecule has 5 heterocycles. The summed E-state index contributed by atoms with van der Waals surface area (Å²) in [6.45, 7) is 80.7. The molecule has 2 aromatic carbocycles. The minimum Gasteiger partial charge on any atom is -0.469 e. The molecule has 30 nitrogen and oxygen atoms in total. The van der Waals surface area contributed by atoms with Gasteiger partial charge in [0.1, 0.15) is 38.6 Å². The summed E-state index contributed by atoms with van der Waals surface area (Å²) in [5.74, 6) is -1.89. The maximum absolute atomic E-state index is 11.7. The number of hydrogen-bond donors (Lipinski definition) is 0. The Labute approximate surface area is 875 Å². The molecule has 5 aliphatic rings. The summed E-state index contributed by atoms with van der Waals surface area (Å²) in [6.07, 6.45) is 14.8. The van der Waals surface area contributed by atoms with Crippen LogP contribution in [0.15, 0.2) is 60.7 Å². The standard InChI is InChI=1S/C13H18O2.C12H22O3.3C12H24O3.2C10H16O4.C10H14.2C9H16O3.C6H12O2/c1-4-13(2,3)12(14)15-10-11-8-6-5-7-9-11;1-5-11(3,4)10(13)15-9-12(6-2)7-14-8-12;3*1-6-8-9-14-10(3)15-11(13)12(4,5)7-2;2*1-4-10(2,3)9(12)14-7-5-6-13-8(7)11;1-3-9(2)10-7-5-4-6-8-10;2*1-4-9(2,3)8(10)12-6-7-5-11-7;1-4-5(2)6(7)8-3/h5-9H,4,10H2,1-3H3;5-9H2,1-4H3;3*10H,6-9H2,1-5H3;2*7H,4-6H2,1-3H3;4-9H,3H2,1-2H3;2*7H,4-6H2,1-3H3;5H,4H2,1-3H3. The van der Waals surface area contributed by atoms with Gasteiger partial charge < -0.3 is 85.3 Å². The lowest BCUT2D eigenvalue weighted by Gasteiger charge is -2.40. The number of methoxy groups -OCH3 is 1. The lowest BCUT2D eigenvalue weighted by Crippen LogP contribution is -2.47. The number of cyclic esters (lactones) is 2. The average molecular weight is 2060 g/mol. The smallest absolute Gasteiger partial charge is 0.347 e. The highest BCUT2D eigenvalue weighted by Gasteiger charge is 2.42. The van der Waals surface area contributed by atoms with Crippen LogP contribution in [0.4, 0.5) is 0 Å². The fraction of sp³-hybridized carbons (Fsp3) is 0.791. The van der Waals surface area contributed by atoms with Crippen molar-refractivity contribution < 1.29 is 143 Å². The van der Waals surface area contributed by atoms with E-state index in [1.807, 2.05) is 203 Å². The molecule has 0 saturated carbocycles. The number of benzene rings is 2. The Morgan fingerprint density at radius 1 is 0.372 bits per heavy atom. The highest BCUT2D eigenvalue weighted by molar-refractivity contribution is 5.84. The van der Waals surface area contributed by atoms with Gasteiger partial charge in [0.15, 0.2) is 18.9 Å². The maximum atomic E-state index is 11.7. The minimum atomic E-state index is -0.687. The van der Waals surface area contributed by atoms with Crippen LogP contribution in [0, 0.1) is 60.1 Å². The molecule has 9 atom stereocenters. The first-order valence-electron chi connectivity index (χ1n) is 53.4. The summed E-state index contributed by atoms with van der Waals surface area (Å²) in [5, 5.41) is 0. The van der Waals surface area contributed by atoms with Crippen LogP contribution in [-0.4, -0.2) is 201 Å². The van der Waals surface area contributed by atoms with Crippen molar-refractivity contribution in [3.05, 3.63) is 71.8 Å². The molecule has 0 radical (unpaired) electrons. The largest absolute Gasteiger partial charge is 0.469 e. The molecule has 5 saturated heterocycles. The fourth-order valence-corrected chi connectivity index (χ4v) is 9.81. The Morgan fingerprint density at radius 2 is 0.655 bits per heavy atom. The van der Waals surface area contributed by atoms with Crippen LogP contribution in [-0.2, 0) is 149 Å². The molecule has 5 fully saturated rings. The van der Waals surface area contributed by atoms with E-state index in [1.165, 1.54) is 19.1 Å². The predicted molar refractivity (Wildman–Crippen MR) is 566 cm³/mol. The van der Waals surface area contributed by atoms with Crippen molar-refractivity contribution in [1.82, 2.24) is 0 Å². The van der Waals surface area contributed by atoms with Gasteiger partial charge in [-0.1, -0.05) is 198 Å². The summed E-state index contributed by atoms with van der Waals surface area (Å²) < 4.78 is 91.4. The van der Waals surface area contributed by atoms with Crippen molar-refractivity contribution in [3.63, 3.8) is 0 Å². The molecule has 145 heavy (non-hydrogen) atoms. The van der Waals surface area contributed by atoms with E-state index < -0.39 is 70.1 Å². The Balaban J connectivity index is -0.000000757. The second-order valence-electron chi connectivity index (χ2n) is 43.1. The zero-order chi connectivity index (χ0) is 112. The topological polar surface area (TPSA) is 378 Å².